The van der Waals surface area contributed by atoms with Crippen LogP contribution in [0.1, 0.15) is 5.56 Å². The van der Waals surface area contributed by atoms with E-state index in [-0.39, 0.29) is 12.5 Å². The monoisotopic (exact) mass is 403 g/mol. The summed E-state index contributed by atoms with van der Waals surface area (Å²) in [6.45, 7) is 0.371. The molecule has 0 fully saturated rings. The van der Waals surface area contributed by atoms with E-state index < -0.39 is 0 Å². The highest BCUT2D eigenvalue weighted by Crippen LogP contribution is 2.32. The van der Waals surface area contributed by atoms with Crippen molar-refractivity contribution in [1.82, 2.24) is 10.2 Å². The second-order valence-electron chi connectivity index (χ2n) is 6.56. The third-order valence-corrected chi connectivity index (χ3v) is 5.38. The molecule has 3 aromatic carbocycles. The maximum absolute atomic E-state index is 12.2. The Kier molecular flexibility index (Phi) is 5.93. The first-order valence-corrected chi connectivity index (χ1v) is 10.5. The standard InChI is InChI=1S/C23H21N3O2S/c1-29-21-10-6-5-9-18(21)17-11-12-19-20(13-17)25-26-23(19)24-22(27)15-28-14-16-7-3-2-4-8-16/h2-13H,14-15H2,1H3,(H2,24,25,26,27). The molecule has 0 aliphatic heterocycles. The quantitative estimate of drug-likeness (QED) is 0.421. The van der Waals surface area contributed by atoms with Crippen molar-refractivity contribution in [2.45, 2.75) is 11.5 Å². The molecule has 0 saturated heterocycles. The molecule has 29 heavy (non-hydrogen) atoms. The largest absolute Gasteiger partial charge is 0.367 e. The Balaban J connectivity index is 1.44. The highest BCUT2D eigenvalue weighted by molar-refractivity contribution is 7.98. The fourth-order valence-electron chi connectivity index (χ4n) is 3.17. The molecule has 1 aromatic heterocycles. The summed E-state index contributed by atoms with van der Waals surface area (Å²) in [7, 11) is 0. The minimum atomic E-state index is -0.230. The third-order valence-electron chi connectivity index (χ3n) is 4.58. The summed E-state index contributed by atoms with van der Waals surface area (Å²) in [5.74, 6) is 0.282. The number of nitrogens with one attached hydrogen (secondary N) is 2. The summed E-state index contributed by atoms with van der Waals surface area (Å²) in [5.41, 5.74) is 4.19. The van der Waals surface area contributed by atoms with E-state index in [1.54, 1.807) is 11.8 Å². The highest BCUT2D eigenvalue weighted by atomic mass is 32.2. The van der Waals surface area contributed by atoms with Gasteiger partial charge in [-0.05, 0) is 41.1 Å². The van der Waals surface area contributed by atoms with E-state index in [0.717, 1.165) is 22.0 Å². The van der Waals surface area contributed by atoms with Crippen LogP contribution in [0.15, 0.2) is 77.7 Å². The van der Waals surface area contributed by atoms with Crippen LogP contribution in [0.5, 0.6) is 0 Å². The number of benzene rings is 3. The van der Waals surface area contributed by atoms with Gasteiger partial charge in [-0.25, -0.2) is 0 Å². The van der Waals surface area contributed by atoms with E-state index in [1.165, 1.54) is 10.5 Å². The molecular weight excluding hydrogens is 382 g/mol. The molecule has 0 bridgehead atoms. The molecule has 1 amide bonds. The Hall–Kier alpha value is -3.09. The Bertz CT molecular complexity index is 1130. The molecule has 0 spiro atoms. The minimum absolute atomic E-state index is 0.0254. The number of hydrogen-bond donors (Lipinski definition) is 2. The van der Waals surface area contributed by atoms with Crippen molar-refractivity contribution < 1.29 is 9.53 Å². The zero-order valence-corrected chi connectivity index (χ0v) is 16.8. The molecule has 146 valence electrons. The molecule has 4 aromatic rings. The van der Waals surface area contributed by atoms with Gasteiger partial charge in [0.1, 0.15) is 6.61 Å². The van der Waals surface area contributed by atoms with Crippen LogP contribution in [0.2, 0.25) is 0 Å². The van der Waals surface area contributed by atoms with E-state index in [0.29, 0.717) is 12.4 Å². The SMILES string of the molecule is CSc1ccccc1-c1ccc2c(NC(=O)COCc3ccccc3)n[nH]c2c1. The van der Waals surface area contributed by atoms with Crippen LogP contribution in [0.4, 0.5) is 5.82 Å². The molecule has 0 saturated carbocycles. The lowest BCUT2D eigenvalue weighted by Gasteiger charge is -2.08. The number of H-pyrrole nitrogens is 1. The van der Waals surface area contributed by atoms with E-state index in [4.69, 9.17) is 4.74 Å². The first kappa shape index (κ1) is 19.2. The van der Waals surface area contributed by atoms with Crippen LogP contribution in [-0.2, 0) is 16.1 Å². The number of thioether (sulfide) groups is 1. The first-order valence-electron chi connectivity index (χ1n) is 9.27. The summed E-state index contributed by atoms with van der Waals surface area (Å²) < 4.78 is 5.49. The molecule has 0 atom stereocenters. The first-order chi connectivity index (χ1) is 14.2. The summed E-state index contributed by atoms with van der Waals surface area (Å²) in [5, 5.41) is 11.0. The lowest BCUT2D eigenvalue weighted by atomic mass is 10.0. The van der Waals surface area contributed by atoms with E-state index in [2.05, 4.69) is 46.0 Å². The lowest BCUT2D eigenvalue weighted by Crippen LogP contribution is -2.18. The van der Waals surface area contributed by atoms with Gasteiger partial charge in [0, 0.05) is 10.3 Å². The Morgan fingerprint density at radius 1 is 1.07 bits per heavy atom. The highest BCUT2D eigenvalue weighted by Gasteiger charge is 2.12. The number of ether oxygens (including phenoxy) is 1. The van der Waals surface area contributed by atoms with Gasteiger partial charge in [0.25, 0.3) is 5.91 Å². The molecule has 4 rings (SSSR count). The van der Waals surface area contributed by atoms with Gasteiger partial charge in [0.05, 0.1) is 12.1 Å². The van der Waals surface area contributed by atoms with Crippen LogP contribution >= 0.6 is 11.8 Å². The molecular formula is C23H21N3O2S. The summed E-state index contributed by atoms with van der Waals surface area (Å²) in [6, 6.07) is 24.1. The van der Waals surface area contributed by atoms with Gasteiger partial charge < -0.3 is 10.1 Å². The normalized spacial score (nSPS) is 10.9. The number of fused-ring (bicyclic) bond motifs is 1. The van der Waals surface area contributed by atoms with Crippen molar-refractivity contribution in [3.63, 3.8) is 0 Å². The molecule has 0 aliphatic rings. The number of aromatic nitrogens is 2. The van der Waals surface area contributed by atoms with Gasteiger partial charge in [0.15, 0.2) is 5.82 Å². The number of hydrogen-bond acceptors (Lipinski definition) is 4. The van der Waals surface area contributed by atoms with Gasteiger partial charge in [0.2, 0.25) is 0 Å². The molecule has 2 N–H and O–H groups in total. The van der Waals surface area contributed by atoms with Crippen LogP contribution in [0, 0.1) is 0 Å². The van der Waals surface area contributed by atoms with Crippen molar-refractivity contribution in [3.05, 3.63) is 78.4 Å². The number of carbonyl (C=O) groups excluding carboxylic acids is 1. The predicted octanol–water partition coefficient (Wildman–Crippen LogP) is 5.11. The minimum Gasteiger partial charge on any atom is -0.367 e. The molecule has 0 aliphatic carbocycles. The van der Waals surface area contributed by atoms with Crippen LogP contribution in [0.25, 0.3) is 22.0 Å². The van der Waals surface area contributed by atoms with Crippen LogP contribution in [-0.4, -0.2) is 29.0 Å². The maximum atomic E-state index is 12.2. The zero-order valence-electron chi connectivity index (χ0n) is 16.0. The van der Waals surface area contributed by atoms with Crippen LogP contribution in [0.3, 0.4) is 0 Å². The summed E-state index contributed by atoms with van der Waals surface area (Å²) >= 11 is 1.72. The molecule has 0 unspecified atom stereocenters. The predicted molar refractivity (Wildman–Crippen MR) is 118 cm³/mol. The van der Waals surface area contributed by atoms with E-state index >= 15 is 0 Å². The van der Waals surface area contributed by atoms with Crippen molar-refractivity contribution in [3.8, 4) is 11.1 Å². The number of rotatable bonds is 7. The van der Waals surface area contributed by atoms with Gasteiger partial charge >= 0.3 is 0 Å². The van der Waals surface area contributed by atoms with Crippen molar-refractivity contribution in [2.24, 2.45) is 0 Å². The fourth-order valence-corrected chi connectivity index (χ4v) is 3.79. The fraction of sp³-hybridized carbons (Fsp3) is 0.130. The Labute approximate surface area is 173 Å². The average Bonchev–Trinajstić information content (AvgIpc) is 3.16. The van der Waals surface area contributed by atoms with Crippen molar-refractivity contribution in [1.29, 1.82) is 0 Å². The second kappa shape index (κ2) is 8.94. The van der Waals surface area contributed by atoms with Crippen molar-refractivity contribution >= 4 is 34.4 Å². The molecule has 1 heterocycles. The number of anilines is 1. The van der Waals surface area contributed by atoms with Gasteiger partial charge in [-0.1, -0.05) is 54.6 Å². The smallest absolute Gasteiger partial charge is 0.251 e. The van der Waals surface area contributed by atoms with Gasteiger partial charge in [-0.2, -0.15) is 5.10 Å². The van der Waals surface area contributed by atoms with E-state index in [1.807, 2.05) is 48.5 Å². The van der Waals surface area contributed by atoms with Gasteiger partial charge in [-0.3, -0.25) is 9.89 Å². The van der Waals surface area contributed by atoms with E-state index in [9.17, 15) is 4.79 Å². The second-order valence-corrected chi connectivity index (χ2v) is 7.41. The lowest BCUT2D eigenvalue weighted by molar-refractivity contribution is -0.121. The maximum Gasteiger partial charge on any atom is 0.251 e. The topological polar surface area (TPSA) is 67.0 Å². The average molecular weight is 404 g/mol. The third kappa shape index (κ3) is 4.50. The summed E-state index contributed by atoms with van der Waals surface area (Å²) in [6.07, 6.45) is 2.07. The number of aromatic amines is 1. The van der Waals surface area contributed by atoms with Crippen LogP contribution < -0.4 is 5.32 Å². The number of nitrogens with zero attached hydrogens (tertiary/aromatic N) is 1. The van der Waals surface area contributed by atoms with Gasteiger partial charge in [-0.15, -0.1) is 11.8 Å². The zero-order chi connectivity index (χ0) is 20.1. The molecule has 0 radical (unpaired) electrons. The Morgan fingerprint density at radius 3 is 2.69 bits per heavy atom. The Morgan fingerprint density at radius 2 is 1.86 bits per heavy atom. The molecule has 5 nitrogen and oxygen atoms in total. The van der Waals surface area contributed by atoms with Crippen molar-refractivity contribution in [2.75, 3.05) is 18.2 Å². The molecule has 6 heteroatoms. The number of carbonyl (C=O) groups is 1. The number of amides is 1. The summed E-state index contributed by atoms with van der Waals surface area (Å²) in [4.78, 5) is 13.4.